The van der Waals surface area contributed by atoms with Gasteiger partial charge in [0, 0.05) is 12.0 Å². The highest BCUT2D eigenvalue weighted by Crippen LogP contribution is 2.55. The quantitative estimate of drug-likeness (QED) is 0.137. The van der Waals surface area contributed by atoms with Crippen LogP contribution in [0, 0.1) is 40.5 Å². The topological polar surface area (TPSA) is 89.5 Å². The van der Waals surface area contributed by atoms with Crippen molar-refractivity contribution in [2.24, 2.45) is 5.92 Å². The van der Waals surface area contributed by atoms with Crippen LogP contribution in [0.15, 0.2) is 109 Å². The van der Waals surface area contributed by atoms with Gasteiger partial charge in [0.15, 0.2) is 0 Å². The van der Waals surface area contributed by atoms with E-state index in [0.717, 1.165) is 33.4 Å². The van der Waals surface area contributed by atoms with E-state index in [9.17, 15) is 9.13 Å². The third-order valence-corrected chi connectivity index (χ3v) is 10.3. The molecule has 1 aliphatic rings. The molecule has 3 atom stereocenters. The van der Waals surface area contributed by atoms with Crippen molar-refractivity contribution < 1.29 is 36.3 Å². The lowest BCUT2D eigenvalue weighted by Gasteiger charge is -2.29. The molecule has 8 nitrogen and oxygen atoms in total. The second-order valence-electron chi connectivity index (χ2n) is 11.7. The fourth-order valence-corrected chi connectivity index (χ4v) is 8.25. The Morgan fingerprint density at radius 2 is 1.04 bits per heavy atom. The van der Waals surface area contributed by atoms with Crippen molar-refractivity contribution in [3.8, 4) is 28.7 Å². The third kappa shape index (κ3) is 8.39. The lowest BCUT2D eigenvalue weighted by Crippen LogP contribution is -2.25. The first kappa shape index (κ1) is 34.1. The molecule has 0 saturated heterocycles. The predicted octanol–water partition coefficient (Wildman–Crippen LogP) is 11.0. The first-order valence-corrected chi connectivity index (χ1v) is 18.3. The Bertz CT molecular complexity index is 1820. The fourth-order valence-electron chi connectivity index (χ4n) is 5.16. The zero-order chi connectivity index (χ0) is 33.8. The van der Waals surface area contributed by atoms with Crippen LogP contribution in [0.5, 0.6) is 28.7 Å². The van der Waals surface area contributed by atoms with Gasteiger partial charge in [-0.3, -0.25) is 4.52 Å². The summed E-state index contributed by atoms with van der Waals surface area (Å²) in [6.07, 6.45) is 5.26. The Morgan fingerprint density at radius 1 is 0.553 bits per heavy atom. The smallest absolute Gasteiger partial charge is 0.395 e. The number of phosphoric acid groups is 2. The molecule has 0 radical (unpaired) electrons. The van der Waals surface area contributed by atoms with E-state index in [1.165, 1.54) is 6.07 Å². The molecule has 5 rings (SSSR count). The summed E-state index contributed by atoms with van der Waals surface area (Å²) in [6.45, 7) is 13.1. The molecule has 0 aromatic heterocycles. The zero-order valence-corrected chi connectivity index (χ0v) is 29.4. The molecule has 0 bridgehead atoms. The summed E-state index contributed by atoms with van der Waals surface area (Å²) in [4.78, 5) is 0. The summed E-state index contributed by atoms with van der Waals surface area (Å²) in [5.74, 6) is 1.25. The predicted molar refractivity (Wildman–Crippen MR) is 185 cm³/mol. The largest absolute Gasteiger partial charge is 0.647 e. The van der Waals surface area contributed by atoms with Gasteiger partial charge in [-0.2, -0.15) is 4.57 Å². The highest BCUT2D eigenvalue weighted by atomic mass is 31.2. The van der Waals surface area contributed by atoms with Crippen molar-refractivity contribution in [2.75, 3.05) is 0 Å². The van der Waals surface area contributed by atoms with Crippen molar-refractivity contribution in [1.29, 1.82) is 0 Å². The van der Waals surface area contributed by atoms with Gasteiger partial charge < -0.3 is 22.6 Å². The first-order chi connectivity index (χ1) is 22.3. The maximum Gasteiger partial charge on any atom is 0.647 e. The summed E-state index contributed by atoms with van der Waals surface area (Å²) >= 11 is 0. The minimum absolute atomic E-state index is 0.0814. The van der Waals surface area contributed by atoms with E-state index in [-0.39, 0.29) is 17.4 Å². The van der Waals surface area contributed by atoms with Crippen molar-refractivity contribution in [1.82, 2.24) is 0 Å². The van der Waals surface area contributed by atoms with E-state index < -0.39 is 21.7 Å². The van der Waals surface area contributed by atoms with Crippen LogP contribution in [-0.2, 0) is 13.7 Å². The van der Waals surface area contributed by atoms with Crippen molar-refractivity contribution in [2.45, 2.75) is 54.6 Å². The summed E-state index contributed by atoms with van der Waals surface area (Å²) < 4.78 is 65.4. The molecule has 10 heteroatoms. The van der Waals surface area contributed by atoms with Crippen LogP contribution in [0.2, 0.25) is 0 Å². The zero-order valence-electron chi connectivity index (χ0n) is 27.6. The van der Waals surface area contributed by atoms with E-state index >= 15 is 0 Å². The van der Waals surface area contributed by atoms with E-state index in [4.69, 9.17) is 27.1 Å². The molecular weight excluding hydrogens is 634 g/mol. The lowest BCUT2D eigenvalue weighted by atomic mass is 9.94. The highest BCUT2D eigenvalue weighted by Gasteiger charge is 2.39. The minimum atomic E-state index is -4.37. The molecule has 0 spiro atoms. The van der Waals surface area contributed by atoms with Gasteiger partial charge in [0.2, 0.25) is 0 Å². The van der Waals surface area contributed by atoms with E-state index in [1.54, 1.807) is 30.3 Å². The molecule has 4 aromatic rings. The minimum Gasteiger partial charge on any atom is -0.395 e. The van der Waals surface area contributed by atoms with Crippen LogP contribution < -0.4 is 22.6 Å². The molecule has 47 heavy (non-hydrogen) atoms. The number of benzene rings is 4. The van der Waals surface area contributed by atoms with Crippen molar-refractivity contribution in [3.63, 3.8) is 0 Å². The molecule has 3 unspecified atom stereocenters. The molecule has 0 N–H and O–H groups in total. The van der Waals surface area contributed by atoms with Gasteiger partial charge in [0.05, 0.1) is 6.10 Å². The normalized spacial score (nSPS) is 17.3. The van der Waals surface area contributed by atoms with Gasteiger partial charge in [-0.1, -0.05) is 85.8 Å². The second kappa shape index (κ2) is 14.3. The SMILES string of the molecule is CC1=CC=CC(C)C1OP(=O)(Oc1cccc(OP(=O)(Oc2c(C)cccc2C)Oc2c(C)cccc2C)c1)Oc1ccccc1C. The molecule has 1 aliphatic carbocycles. The first-order valence-electron chi connectivity index (χ1n) is 15.3. The van der Waals surface area contributed by atoms with Gasteiger partial charge in [0.1, 0.15) is 28.7 Å². The maximum atomic E-state index is 14.5. The Kier molecular flexibility index (Phi) is 10.4. The van der Waals surface area contributed by atoms with E-state index in [2.05, 4.69) is 0 Å². The van der Waals surface area contributed by atoms with Crippen LogP contribution in [0.25, 0.3) is 0 Å². The summed E-state index contributed by atoms with van der Waals surface area (Å²) in [6, 6.07) is 24.6. The monoisotopic (exact) mass is 674 g/mol. The summed E-state index contributed by atoms with van der Waals surface area (Å²) in [5, 5.41) is 0. The van der Waals surface area contributed by atoms with Gasteiger partial charge in [-0.25, -0.2) is 4.57 Å². The maximum absolute atomic E-state index is 14.5. The van der Waals surface area contributed by atoms with Crippen LogP contribution >= 0.6 is 15.6 Å². The van der Waals surface area contributed by atoms with Gasteiger partial charge in [0.25, 0.3) is 0 Å². The average Bonchev–Trinajstić information content (AvgIpc) is 3.01. The lowest BCUT2D eigenvalue weighted by molar-refractivity contribution is 0.139. The Morgan fingerprint density at radius 3 is 1.57 bits per heavy atom. The summed E-state index contributed by atoms with van der Waals surface area (Å²) in [5.41, 5.74) is 4.69. The third-order valence-electron chi connectivity index (χ3n) is 7.71. The van der Waals surface area contributed by atoms with Crippen LogP contribution in [0.4, 0.5) is 0 Å². The van der Waals surface area contributed by atoms with Gasteiger partial charge in [-0.05, 0) is 93.1 Å². The van der Waals surface area contributed by atoms with Crippen LogP contribution in [0.3, 0.4) is 0 Å². The standard InChI is InChI=1S/C37H40O8P2/c1-25-14-8-9-23-34(25)42-46(38,43-35-26(2)15-10-16-27(35)3)40-32-21-13-22-33(24-32)41-47(39,44-36-28(4)17-11-18-29(36)5)45-37-30(6)19-12-20-31(37)7/h8-24,26,35H,1-7H3. The number of hydrogen-bond acceptors (Lipinski definition) is 8. The highest BCUT2D eigenvalue weighted by molar-refractivity contribution is 7.50. The Labute approximate surface area is 277 Å². The van der Waals surface area contributed by atoms with Gasteiger partial charge >= 0.3 is 15.6 Å². The molecule has 0 saturated carbocycles. The number of hydrogen-bond donors (Lipinski definition) is 0. The molecule has 0 aliphatic heterocycles. The molecule has 0 fully saturated rings. The number of aryl methyl sites for hydroxylation is 5. The van der Waals surface area contributed by atoms with Gasteiger partial charge in [-0.15, -0.1) is 0 Å². The fraction of sp³-hybridized carbons (Fsp3) is 0.243. The van der Waals surface area contributed by atoms with Crippen LogP contribution in [-0.4, -0.2) is 6.10 Å². The van der Waals surface area contributed by atoms with Crippen molar-refractivity contribution in [3.05, 3.63) is 137 Å². The molecule has 246 valence electrons. The summed E-state index contributed by atoms with van der Waals surface area (Å²) in [7, 11) is -8.67. The number of phosphoric ester groups is 2. The van der Waals surface area contributed by atoms with Crippen molar-refractivity contribution >= 4 is 15.6 Å². The molecule has 0 heterocycles. The van der Waals surface area contributed by atoms with Crippen LogP contribution in [0.1, 0.15) is 41.7 Å². The number of para-hydroxylation sites is 3. The van der Waals surface area contributed by atoms with E-state index in [0.29, 0.717) is 17.2 Å². The Balaban J connectivity index is 1.48. The van der Waals surface area contributed by atoms with E-state index in [1.807, 2.05) is 115 Å². The number of allylic oxidation sites excluding steroid dienone is 2. The molecule has 4 aromatic carbocycles. The Hall–Kier alpha value is -4.22. The average molecular weight is 675 g/mol. The number of rotatable bonds is 12. The second-order valence-corrected chi connectivity index (χ2v) is 14.6. The molecule has 0 amide bonds. The molecular formula is C37H40O8P2.